The molecular formula is C21H29N6O5S+. The number of β-lactam (4-membered cyclic amide) rings is 1. The molecule has 1 aromatic rings. The number of carbonyl (C=O) groups is 3. The summed E-state index contributed by atoms with van der Waals surface area (Å²) in [5, 5.41) is 27.4. The summed E-state index contributed by atoms with van der Waals surface area (Å²) in [6.07, 6.45) is 3.41. The van der Waals surface area contributed by atoms with Gasteiger partial charge in [0.1, 0.15) is 11.7 Å². The van der Waals surface area contributed by atoms with Crippen LogP contribution >= 0.6 is 11.8 Å². The van der Waals surface area contributed by atoms with E-state index in [-0.39, 0.29) is 46.8 Å². The Morgan fingerprint density at radius 3 is 2.70 bits per heavy atom. The first-order valence-electron chi connectivity index (χ1n) is 11.2. The second kappa shape index (κ2) is 8.10. The van der Waals surface area contributed by atoms with Gasteiger partial charge in [-0.2, -0.15) is 0 Å². The Labute approximate surface area is 195 Å². The second-order valence-electron chi connectivity index (χ2n) is 9.50. The third-order valence-electron chi connectivity index (χ3n) is 7.21. The van der Waals surface area contributed by atoms with E-state index in [2.05, 4.69) is 10.4 Å². The van der Waals surface area contributed by atoms with E-state index < -0.39 is 18.0 Å². The Morgan fingerprint density at radius 2 is 2.09 bits per heavy atom. The van der Waals surface area contributed by atoms with Crippen molar-refractivity contribution in [2.45, 2.75) is 49.7 Å². The molecule has 5 rings (SSSR count). The lowest BCUT2D eigenvalue weighted by Gasteiger charge is -2.46. The van der Waals surface area contributed by atoms with Crippen LogP contribution in [0.3, 0.4) is 0 Å². The third-order valence-corrected chi connectivity index (χ3v) is 8.72. The summed E-state index contributed by atoms with van der Waals surface area (Å²) in [7, 11) is 1.91. The SMILES string of the molecule is C[C@@H](O)[C@H]1C(=O)N2C(C(=O)O)=C(S[C@@H]3CN[C@H](C(=O)N4CC(n5c[n+](C)cn5)C4)C3)[C@H](C)[C@H]12. The third kappa shape index (κ3) is 3.55. The molecule has 0 aromatic carbocycles. The zero-order chi connectivity index (χ0) is 23.6. The van der Waals surface area contributed by atoms with E-state index >= 15 is 0 Å². The largest absolute Gasteiger partial charge is 0.477 e. The number of nitrogens with zero attached hydrogens (tertiary/aromatic N) is 5. The van der Waals surface area contributed by atoms with Gasteiger partial charge in [0.2, 0.25) is 18.1 Å². The average Bonchev–Trinajstić information content (AvgIpc) is 3.40. The van der Waals surface area contributed by atoms with Gasteiger partial charge in [0.15, 0.2) is 0 Å². The zero-order valence-corrected chi connectivity index (χ0v) is 19.6. The standard InChI is InChI=1S/C21H28N6O5S/c1-10-16-15(11(2)28)20(30)27(16)17(21(31)32)18(10)33-13-4-14(22-5-13)19(29)25-6-12(7-25)26-9-24(3)8-23-26/h8-16,22,28H,4-7H2,1-3H3/p+1/t10-,11-,13+,14+,15-,16-/m1/s1. The summed E-state index contributed by atoms with van der Waals surface area (Å²) < 4.78 is 3.74. The molecule has 5 heterocycles. The Kier molecular flexibility index (Phi) is 5.49. The minimum absolute atomic E-state index is 0.0341. The van der Waals surface area contributed by atoms with Crippen LogP contribution in [0.4, 0.5) is 0 Å². The van der Waals surface area contributed by atoms with Crippen molar-refractivity contribution in [1.29, 1.82) is 0 Å². The first-order chi connectivity index (χ1) is 15.7. The van der Waals surface area contributed by atoms with Gasteiger partial charge in [-0.25, -0.2) is 9.36 Å². The average molecular weight is 478 g/mol. The van der Waals surface area contributed by atoms with Crippen LogP contribution in [0.25, 0.3) is 0 Å². The fourth-order valence-corrected chi connectivity index (χ4v) is 6.92. The maximum Gasteiger partial charge on any atom is 0.353 e. The maximum atomic E-state index is 12.9. The second-order valence-corrected chi connectivity index (χ2v) is 10.8. The van der Waals surface area contributed by atoms with Crippen LogP contribution in [0.1, 0.15) is 26.3 Å². The van der Waals surface area contributed by atoms with Crippen molar-refractivity contribution < 1.29 is 29.2 Å². The first kappa shape index (κ1) is 22.4. The lowest BCUT2D eigenvalue weighted by Crippen LogP contribution is -2.63. The highest BCUT2D eigenvalue weighted by molar-refractivity contribution is 8.03. The lowest BCUT2D eigenvalue weighted by atomic mass is 9.79. The maximum absolute atomic E-state index is 12.9. The van der Waals surface area contributed by atoms with Crippen LogP contribution in [0.2, 0.25) is 0 Å². The van der Waals surface area contributed by atoms with Crippen LogP contribution in [-0.2, 0) is 21.4 Å². The number of aliphatic hydroxyl groups is 1. The Bertz CT molecular complexity index is 1030. The molecule has 0 bridgehead atoms. The number of carbonyl (C=O) groups excluding carboxylic acids is 2. The number of carboxylic acid groups (broad SMARTS) is 1. The van der Waals surface area contributed by atoms with E-state index in [0.29, 0.717) is 31.0 Å². The molecule has 3 saturated heterocycles. The highest BCUT2D eigenvalue weighted by Gasteiger charge is 2.60. The lowest BCUT2D eigenvalue weighted by molar-refractivity contribution is -0.672. The Balaban J connectivity index is 1.21. The molecule has 1 aromatic heterocycles. The molecule has 4 aliphatic heterocycles. The number of thioether (sulfide) groups is 1. The van der Waals surface area contributed by atoms with Gasteiger partial charge in [-0.1, -0.05) is 6.92 Å². The molecule has 4 aliphatic rings. The summed E-state index contributed by atoms with van der Waals surface area (Å²) >= 11 is 1.45. The number of carboxylic acids is 1. The molecule has 3 N–H and O–H groups in total. The molecule has 6 atom stereocenters. The fraction of sp³-hybridized carbons (Fsp3) is 0.667. The molecule has 33 heavy (non-hydrogen) atoms. The van der Waals surface area contributed by atoms with E-state index in [1.807, 2.05) is 34.4 Å². The topological polar surface area (TPSA) is 132 Å². The van der Waals surface area contributed by atoms with Crippen molar-refractivity contribution in [2.24, 2.45) is 18.9 Å². The summed E-state index contributed by atoms with van der Waals surface area (Å²) in [6.45, 7) is 5.33. The van der Waals surface area contributed by atoms with Gasteiger partial charge in [0, 0.05) is 27.7 Å². The molecule has 12 heteroatoms. The summed E-state index contributed by atoms with van der Waals surface area (Å²) in [6, 6.07) is -0.431. The normalized spacial score (nSPS) is 32.6. The number of hydrogen-bond acceptors (Lipinski definition) is 7. The minimum Gasteiger partial charge on any atom is -0.477 e. The fourth-order valence-electron chi connectivity index (χ4n) is 5.44. The van der Waals surface area contributed by atoms with Crippen LogP contribution in [-0.4, -0.2) is 90.6 Å². The van der Waals surface area contributed by atoms with Crippen molar-refractivity contribution in [3.63, 3.8) is 0 Å². The molecule has 0 radical (unpaired) electrons. The molecule has 3 fully saturated rings. The number of amides is 2. The summed E-state index contributed by atoms with van der Waals surface area (Å²) in [5.74, 6) is -2.13. The Hall–Kier alpha value is -2.44. The number of aryl methyl sites for hydroxylation is 1. The van der Waals surface area contributed by atoms with Crippen molar-refractivity contribution in [1.82, 2.24) is 24.9 Å². The molecule has 2 amide bonds. The Morgan fingerprint density at radius 1 is 1.36 bits per heavy atom. The number of fused-ring (bicyclic) bond motifs is 1. The van der Waals surface area contributed by atoms with Gasteiger partial charge in [0.25, 0.3) is 6.33 Å². The number of hydrogen-bond donors (Lipinski definition) is 3. The summed E-state index contributed by atoms with van der Waals surface area (Å²) in [5.41, 5.74) is 0.0344. The number of aliphatic carboxylic acids is 1. The molecular weight excluding hydrogens is 448 g/mol. The highest BCUT2D eigenvalue weighted by atomic mass is 32.2. The van der Waals surface area contributed by atoms with Crippen LogP contribution in [0, 0.1) is 11.8 Å². The van der Waals surface area contributed by atoms with Crippen LogP contribution in [0.5, 0.6) is 0 Å². The number of nitrogens with one attached hydrogen (secondary N) is 1. The smallest absolute Gasteiger partial charge is 0.353 e. The van der Waals surface area contributed by atoms with Crippen molar-refractivity contribution in [2.75, 3.05) is 19.6 Å². The van der Waals surface area contributed by atoms with Gasteiger partial charge in [-0.05, 0) is 13.3 Å². The van der Waals surface area contributed by atoms with E-state index in [0.717, 1.165) is 0 Å². The molecule has 178 valence electrons. The van der Waals surface area contributed by atoms with E-state index in [9.17, 15) is 24.6 Å². The predicted octanol–water partition coefficient (Wildman–Crippen LogP) is -1.29. The van der Waals surface area contributed by atoms with Crippen LogP contribution in [0.15, 0.2) is 23.3 Å². The number of aliphatic hydroxyl groups excluding tert-OH is 1. The molecule has 0 unspecified atom stereocenters. The molecule has 0 saturated carbocycles. The van der Waals surface area contributed by atoms with Crippen LogP contribution < -0.4 is 9.88 Å². The van der Waals surface area contributed by atoms with Gasteiger partial charge in [0.05, 0.1) is 44.2 Å². The van der Waals surface area contributed by atoms with Gasteiger partial charge < -0.3 is 25.3 Å². The monoisotopic (exact) mass is 477 g/mol. The van der Waals surface area contributed by atoms with E-state index in [4.69, 9.17) is 0 Å². The van der Waals surface area contributed by atoms with Gasteiger partial charge >= 0.3 is 5.97 Å². The van der Waals surface area contributed by atoms with Gasteiger partial charge in [-0.3, -0.25) is 9.59 Å². The van der Waals surface area contributed by atoms with E-state index in [1.165, 1.54) is 16.7 Å². The molecule has 0 aliphatic carbocycles. The number of likely N-dealkylation sites (tertiary alicyclic amines) is 1. The van der Waals surface area contributed by atoms with Crippen molar-refractivity contribution in [3.05, 3.63) is 23.3 Å². The number of rotatable bonds is 6. The van der Waals surface area contributed by atoms with Crippen molar-refractivity contribution in [3.8, 4) is 0 Å². The minimum atomic E-state index is -1.12. The van der Waals surface area contributed by atoms with Crippen molar-refractivity contribution >= 4 is 29.5 Å². The molecule has 11 nitrogen and oxygen atoms in total. The quantitative estimate of drug-likeness (QED) is 0.341. The zero-order valence-electron chi connectivity index (χ0n) is 18.8. The summed E-state index contributed by atoms with van der Waals surface area (Å²) in [4.78, 5) is 41.3. The van der Waals surface area contributed by atoms with Gasteiger partial charge in [-0.15, -0.1) is 16.4 Å². The van der Waals surface area contributed by atoms with E-state index in [1.54, 1.807) is 13.3 Å². The first-order valence-corrected chi connectivity index (χ1v) is 12.1. The highest BCUT2D eigenvalue weighted by Crippen LogP contribution is 2.51. The number of aromatic nitrogens is 3. The molecule has 0 spiro atoms. The predicted molar refractivity (Wildman–Crippen MR) is 116 cm³/mol.